The van der Waals surface area contributed by atoms with Crippen LogP contribution in [-0.2, 0) is 9.53 Å². The minimum atomic E-state index is -0.312. The Morgan fingerprint density at radius 3 is 2.59 bits per heavy atom. The molecule has 0 amide bonds. The third-order valence-corrected chi connectivity index (χ3v) is 5.76. The molecule has 2 bridgehead atoms. The first-order valence-corrected chi connectivity index (χ1v) is 8.15. The highest BCUT2D eigenvalue weighted by Crippen LogP contribution is 2.54. The SMILES string of the molecule is CC1C2CC(COC(=O)C=Cc3ccc(F)cc3)C(C2)C1C. The highest BCUT2D eigenvalue weighted by Gasteiger charge is 2.48. The maximum absolute atomic E-state index is 12.8. The highest BCUT2D eigenvalue weighted by molar-refractivity contribution is 5.87. The van der Waals surface area contributed by atoms with E-state index in [4.69, 9.17) is 4.74 Å². The molecule has 5 unspecified atom stereocenters. The Hall–Kier alpha value is -1.64. The first kappa shape index (κ1) is 15.3. The molecule has 0 heterocycles. The van der Waals surface area contributed by atoms with Gasteiger partial charge in [-0.3, -0.25) is 0 Å². The average Bonchev–Trinajstić information content (AvgIpc) is 3.05. The summed E-state index contributed by atoms with van der Waals surface area (Å²) in [6.07, 6.45) is 5.58. The number of rotatable bonds is 4. The van der Waals surface area contributed by atoms with E-state index < -0.39 is 0 Å². The van der Waals surface area contributed by atoms with Gasteiger partial charge in [0.1, 0.15) is 5.82 Å². The number of esters is 1. The molecule has 0 aliphatic heterocycles. The molecule has 2 saturated carbocycles. The minimum Gasteiger partial charge on any atom is -0.462 e. The van der Waals surface area contributed by atoms with Gasteiger partial charge in [-0.05, 0) is 66.2 Å². The Balaban J connectivity index is 1.48. The van der Waals surface area contributed by atoms with Gasteiger partial charge < -0.3 is 4.74 Å². The topological polar surface area (TPSA) is 26.3 Å². The van der Waals surface area contributed by atoms with Gasteiger partial charge in [0.15, 0.2) is 0 Å². The summed E-state index contributed by atoms with van der Waals surface area (Å²) in [6.45, 7) is 5.21. The standard InChI is InChI=1S/C19H23FO2/c1-12-13(2)18-10-15(12)9-16(18)11-22-19(21)8-5-14-3-6-17(20)7-4-14/h3-8,12-13,15-16,18H,9-11H2,1-2H3. The lowest BCUT2D eigenvalue weighted by Gasteiger charge is -2.31. The summed E-state index contributed by atoms with van der Waals surface area (Å²) < 4.78 is 18.2. The molecule has 0 saturated heterocycles. The van der Waals surface area contributed by atoms with Crippen LogP contribution < -0.4 is 0 Å². The van der Waals surface area contributed by atoms with Gasteiger partial charge in [0, 0.05) is 6.08 Å². The van der Waals surface area contributed by atoms with E-state index in [9.17, 15) is 9.18 Å². The molecule has 1 aromatic carbocycles. The van der Waals surface area contributed by atoms with Crippen LogP contribution in [0.1, 0.15) is 32.3 Å². The number of ether oxygens (including phenoxy) is 1. The van der Waals surface area contributed by atoms with Crippen molar-refractivity contribution in [3.05, 3.63) is 41.7 Å². The molecule has 0 aromatic heterocycles. The summed E-state index contributed by atoms with van der Waals surface area (Å²) in [5, 5.41) is 0. The van der Waals surface area contributed by atoms with Crippen LogP contribution in [0, 0.1) is 35.4 Å². The van der Waals surface area contributed by atoms with E-state index in [1.807, 2.05) is 0 Å². The Morgan fingerprint density at radius 1 is 1.23 bits per heavy atom. The lowest BCUT2D eigenvalue weighted by Crippen LogP contribution is -2.28. The first-order chi connectivity index (χ1) is 10.5. The van der Waals surface area contributed by atoms with Gasteiger partial charge >= 0.3 is 5.97 Å². The van der Waals surface area contributed by atoms with E-state index in [0.717, 1.165) is 23.3 Å². The smallest absolute Gasteiger partial charge is 0.330 e. The summed E-state index contributed by atoms with van der Waals surface area (Å²) in [4.78, 5) is 11.8. The van der Waals surface area contributed by atoms with Crippen molar-refractivity contribution in [1.82, 2.24) is 0 Å². The predicted octanol–water partition coefficient (Wildman–Crippen LogP) is 4.31. The highest BCUT2D eigenvalue weighted by atomic mass is 19.1. The maximum atomic E-state index is 12.8. The van der Waals surface area contributed by atoms with E-state index >= 15 is 0 Å². The lowest BCUT2D eigenvalue weighted by molar-refractivity contribution is -0.139. The fourth-order valence-electron chi connectivity index (χ4n) is 4.26. The molecule has 0 N–H and O–H groups in total. The number of benzene rings is 1. The van der Waals surface area contributed by atoms with Crippen LogP contribution >= 0.6 is 0 Å². The predicted molar refractivity (Wildman–Crippen MR) is 84.4 cm³/mol. The molecule has 3 rings (SSSR count). The van der Waals surface area contributed by atoms with E-state index in [2.05, 4.69) is 13.8 Å². The number of hydrogen-bond donors (Lipinski definition) is 0. The van der Waals surface area contributed by atoms with Crippen LogP contribution in [0.2, 0.25) is 0 Å². The number of hydrogen-bond acceptors (Lipinski definition) is 2. The van der Waals surface area contributed by atoms with Crippen molar-refractivity contribution >= 4 is 12.0 Å². The summed E-state index contributed by atoms with van der Waals surface area (Å²) in [6, 6.07) is 6.03. The van der Waals surface area contributed by atoms with Crippen LogP contribution in [0.5, 0.6) is 0 Å². The number of fused-ring (bicyclic) bond motifs is 2. The minimum absolute atomic E-state index is 0.278. The molecule has 2 aliphatic carbocycles. The zero-order valence-electron chi connectivity index (χ0n) is 13.2. The largest absolute Gasteiger partial charge is 0.462 e. The molecule has 118 valence electrons. The molecule has 0 radical (unpaired) electrons. The van der Waals surface area contributed by atoms with E-state index in [-0.39, 0.29) is 11.8 Å². The molecule has 3 heteroatoms. The van der Waals surface area contributed by atoms with Crippen molar-refractivity contribution in [1.29, 1.82) is 0 Å². The van der Waals surface area contributed by atoms with Gasteiger partial charge in [-0.25, -0.2) is 9.18 Å². The van der Waals surface area contributed by atoms with Crippen LogP contribution in [0.3, 0.4) is 0 Å². The van der Waals surface area contributed by atoms with Crippen molar-refractivity contribution in [3.8, 4) is 0 Å². The van der Waals surface area contributed by atoms with Crippen LogP contribution in [-0.4, -0.2) is 12.6 Å². The zero-order valence-corrected chi connectivity index (χ0v) is 13.2. The van der Waals surface area contributed by atoms with Crippen molar-refractivity contribution < 1.29 is 13.9 Å². The molecule has 5 atom stereocenters. The molecule has 2 fully saturated rings. The molecule has 2 aliphatic rings. The number of halogens is 1. The van der Waals surface area contributed by atoms with Gasteiger partial charge in [0.05, 0.1) is 6.61 Å². The third-order valence-electron chi connectivity index (χ3n) is 5.76. The molecule has 2 nitrogen and oxygen atoms in total. The first-order valence-electron chi connectivity index (χ1n) is 8.15. The van der Waals surface area contributed by atoms with Gasteiger partial charge in [-0.2, -0.15) is 0 Å². The fourth-order valence-corrected chi connectivity index (χ4v) is 4.26. The van der Waals surface area contributed by atoms with Crippen LogP contribution in [0.25, 0.3) is 6.08 Å². The number of carbonyl (C=O) groups is 1. The van der Waals surface area contributed by atoms with E-state index in [0.29, 0.717) is 18.4 Å². The Bertz CT molecular complexity index is 561. The third kappa shape index (κ3) is 3.08. The second kappa shape index (κ2) is 6.23. The Kier molecular flexibility index (Phi) is 4.32. The number of carbonyl (C=O) groups excluding carboxylic acids is 1. The van der Waals surface area contributed by atoms with Gasteiger partial charge in [-0.15, -0.1) is 0 Å². The molecule has 22 heavy (non-hydrogen) atoms. The Labute approximate surface area is 131 Å². The fraction of sp³-hybridized carbons (Fsp3) is 0.526. The monoisotopic (exact) mass is 302 g/mol. The van der Waals surface area contributed by atoms with E-state index in [1.165, 1.54) is 31.1 Å². The molecular weight excluding hydrogens is 279 g/mol. The molecule has 0 spiro atoms. The van der Waals surface area contributed by atoms with Crippen LogP contribution in [0.15, 0.2) is 30.3 Å². The van der Waals surface area contributed by atoms with Crippen LogP contribution in [0.4, 0.5) is 4.39 Å². The summed E-state index contributed by atoms with van der Waals surface area (Å²) >= 11 is 0. The Morgan fingerprint density at radius 2 is 1.95 bits per heavy atom. The van der Waals surface area contributed by atoms with Crippen molar-refractivity contribution in [2.45, 2.75) is 26.7 Å². The average molecular weight is 302 g/mol. The van der Waals surface area contributed by atoms with Gasteiger partial charge in [0.2, 0.25) is 0 Å². The molecular formula is C19H23FO2. The summed E-state index contributed by atoms with van der Waals surface area (Å²) in [5.41, 5.74) is 0.792. The second-order valence-electron chi connectivity index (χ2n) is 6.89. The second-order valence-corrected chi connectivity index (χ2v) is 6.89. The quantitative estimate of drug-likeness (QED) is 0.612. The molecule has 1 aromatic rings. The van der Waals surface area contributed by atoms with Gasteiger partial charge in [-0.1, -0.05) is 26.0 Å². The summed E-state index contributed by atoms with van der Waals surface area (Å²) in [7, 11) is 0. The normalized spacial score (nSPS) is 33.5. The maximum Gasteiger partial charge on any atom is 0.330 e. The van der Waals surface area contributed by atoms with E-state index in [1.54, 1.807) is 18.2 Å². The van der Waals surface area contributed by atoms with Crippen molar-refractivity contribution in [3.63, 3.8) is 0 Å². The van der Waals surface area contributed by atoms with Gasteiger partial charge in [0.25, 0.3) is 0 Å². The van der Waals surface area contributed by atoms with Crippen molar-refractivity contribution in [2.24, 2.45) is 29.6 Å². The lowest BCUT2D eigenvalue weighted by atomic mass is 9.76. The van der Waals surface area contributed by atoms with Crippen molar-refractivity contribution in [2.75, 3.05) is 6.61 Å². The summed E-state index contributed by atoms with van der Waals surface area (Å²) in [5.74, 6) is 3.03. The zero-order chi connectivity index (χ0) is 15.7.